The molecule has 7 aliphatic carbocycles. The number of aliphatic hydroxyl groups is 8. The van der Waals surface area contributed by atoms with Gasteiger partial charge in [-0.1, -0.05) is 67.9 Å². The largest absolute Gasteiger partial charge is 0.508 e. The van der Waals surface area contributed by atoms with Gasteiger partial charge < -0.3 is 65.6 Å². The van der Waals surface area contributed by atoms with Gasteiger partial charge >= 0.3 is 0 Å². The van der Waals surface area contributed by atoms with Gasteiger partial charge in [-0.15, -0.1) is 0 Å². The van der Waals surface area contributed by atoms with Crippen molar-refractivity contribution in [2.45, 2.75) is 171 Å². The van der Waals surface area contributed by atoms with Crippen molar-refractivity contribution in [1.82, 2.24) is 5.32 Å². The molecule has 77 heavy (non-hydrogen) atoms. The van der Waals surface area contributed by atoms with Gasteiger partial charge in [-0.05, 0) is 173 Å². The Labute approximate surface area is 462 Å². The number of hydrogen-bond donors (Lipinski definition) is 10. The SMILES string of the molecule is COCCCCNCC1CCC2(CN3C(=O)C24C(CO)CCCC4CSSC(O)C24CC(O)C(O)(CO)CC2(C)C2CC5C=CCC(O)(C6OC6C(C)C(C)C)C6CCC(O)(C2=CC4=O)C56CCc2cc(O)cc3c2)C1O. The highest BCUT2D eigenvalue weighted by Crippen LogP contribution is 2.77. The fourth-order valence-electron chi connectivity index (χ4n) is 19.4. The molecule has 5 aliphatic heterocycles. The molecule has 8 bridgehead atoms. The number of benzene rings is 1. The Kier molecular flexibility index (Phi) is 15.0. The lowest BCUT2D eigenvalue weighted by Gasteiger charge is -2.68. The normalized spacial score (nSPS) is 47.5. The van der Waals surface area contributed by atoms with Crippen LogP contribution in [0.5, 0.6) is 5.75 Å². The molecule has 15 nitrogen and oxygen atoms in total. The van der Waals surface area contributed by atoms with Crippen molar-refractivity contribution in [3.63, 3.8) is 0 Å². The molecule has 4 spiro atoms. The first-order chi connectivity index (χ1) is 36.6. The number of ether oxygens (including phenoxy) is 2. The van der Waals surface area contributed by atoms with Crippen LogP contribution in [0.25, 0.3) is 0 Å². The van der Waals surface area contributed by atoms with Crippen molar-refractivity contribution in [3.05, 3.63) is 47.6 Å². The third kappa shape index (κ3) is 7.97. The van der Waals surface area contributed by atoms with E-state index >= 15 is 9.59 Å². The Morgan fingerprint density at radius 2 is 1.78 bits per heavy atom. The van der Waals surface area contributed by atoms with Crippen LogP contribution in [0.15, 0.2) is 42.0 Å². The summed E-state index contributed by atoms with van der Waals surface area (Å²) in [4.78, 5) is 33.9. The number of aliphatic hydroxyl groups excluding tert-OH is 5. The molecule has 5 heterocycles. The van der Waals surface area contributed by atoms with Gasteiger partial charge in [-0.2, -0.15) is 0 Å². The number of fused-ring (bicyclic) bond motifs is 1. The minimum Gasteiger partial charge on any atom is -0.508 e. The van der Waals surface area contributed by atoms with E-state index in [2.05, 4.69) is 32.2 Å². The molecule has 5 saturated carbocycles. The lowest BCUT2D eigenvalue weighted by Crippen LogP contribution is -2.72. The number of aryl methyl sites for hydroxylation is 1. The van der Waals surface area contributed by atoms with Crippen molar-refractivity contribution in [2.75, 3.05) is 57.2 Å². The summed E-state index contributed by atoms with van der Waals surface area (Å²) < 4.78 is 11.8. The van der Waals surface area contributed by atoms with E-state index in [-0.39, 0.29) is 80.3 Å². The Morgan fingerprint density at radius 1 is 0.987 bits per heavy atom. The summed E-state index contributed by atoms with van der Waals surface area (Å²) in [6.07, 6.45) is 8.78. The van der Waals surface area contributed by atoms with E-state index in [4.69, 9.17) is 9.47 Å². The smallest absolute Gasteiger partial charge is 0.234 e. The Balaban J connectivity index is 1.07. The average Bonchev–Trinajstić information content (AvgIpc) is 4.27. The van der Waals surface area contributed by atoms with Crippen LogP contribution in [0.3, 0.4) is 0 Å². The van der Waals surface area contributed by atoms with E-state index in [1.165, 1.54) is 10.8 Å². The number of allylic oxidation sites excluding steroid dienone is 2. The van der Waals surface area contributed by atoms with Gasteiger partial charge in [-0.25, -0.2) is 0 Å². The zero-order valence-electron chi connectivity index (χ0n) is 45.9. The number of phenolic OH excluding ortho intramolecular Hbond substituents is 1. The van der Waals surface area contributed by atoms with E-state index in [0.29, 0.717) is 81.5 Å². The number of hydrogen-bond acceptors (Lipinski definition) is 16. The van der Waals surface area contributed by atoms with E-state index in [0.717, 1.165) is 42.2 Å². The summed E-state index contributed by atoms with van der Waals surface area (Å²) in [5.41, 5.74) is -11.2. The van der Waals surface area contributed by atoms with E-state index < -0.39 is 104 Å². The molecule has 13 rings (SSSR count). The number of epoxide rings is 1. The van der Waals surface area contributed by atoms with Crippen LogP contribution in [-0.4, -0.2) is 157 Å². The van der Waals surface area contributed by atoms with Gasteiger partial charge in [0.25, 0.3) is 0 Å². The zero-order valence-corrected chi connectivity index (χ0v) is 47.6. The second-order valence-corrected chi connectivity index (χ2v) is 29.3. The van der Waals surface area contributed by atoms with Crippen molar-refractivity contribution < 1.29 is 65.0 Å². The number of carbonyl (C=O) groups excluding carboxylic acids is 2. The number of nitrogens with zero attached hydrogens (tertiary/aromatic N) is 1. The van der Waals surface area contributed by atoms with Crippen LogP contribution >= 0.6 is 21.6 Å². The van der Waals surface area contributed by atoms with Crippen molar-refractivity contribution in [3.8, 4) is 5.75 Å². The molecule has 10 N–H and O–H groups in total. The zero-order chi connectivity index (χ0) is 54.9. The molecule has 428 valence electrons. The molecule has 17 heteroatoms. The lowest BCUT2D eigenvalue weighted by molar-refractivity contribution is -0.235. The molecule has 12 aliphatic rings. The first-order valence-corrected chi connectivity index (χ1v) is 31.7. The van der Waals surface area contributed by atoms with Gasteiger partial charge in [0, 0.05) is 67.7 Å². The molecule has 0 aromatic heterocycles. The number of nitrogens with one attached hydrogen (secondary N) is 1. The molecule has 1 aromatic rings. The third-order valence-corrected chi connectivity index (χ3v) is 26.2. The van der Waals surface area contributed by atoms with Crippen molar-refractivity contribution >= 4 is 39.0 Å². The monoisotopic (exact) mass is 1110 g/mol. The Morgan fingerprint density at radius 3 is 2.52 bits per heavy atom. The standard InChI is InChI=1S/C60H88N2O13S2/c1-34(2)35(3)48-50(75-48)58(72)16-9-12-38-24-43-44-26-46(66)57(27-47(67)55(71,33-64)31-53(43,57)4)52(70)77-76-30-40-11-8-10-39(29-63)60(40)51(69)62(32-54(60)17-14-37(49(54)68)28-61-20-6-7-21-74-5)41-22-36(23-42(65)25-41)13-18-56(38)45(58)15-19-59(44,56)73/h9,12,22-23,25-26,34-35,37-40,43,45,47-50,52,61,63-65,67-68,70-73H,6-8,10-11,13-21,24,27-33H2,1-5H3. The highest BCUT2D eigenvalue weighted by Gasteiger charge is 2.79. The molecule has 20 unspecified atom stereocenters. The first kappa shape index (κ1) is 56.7. The molecule has 1 amide bonds. The second kappa shape index (κ2) is 20.4. The van der Waals surface area contributed by atoms with Gasteiger partial charge in [-0.3, -0.25) is 9.59 Å². The predicted molar refractivity (Wildman–Crippen MR) is 294 cm³/mol. The van der Waals surface area contributed by atoms with E-state index in [9.17, 15) is 46.0 Å². The quantitative estimate of drug-likeness (QED) is 0.0541. The lowest BCUT2D eigenvalue weighted by atomic mass is 9.38. The maximum Gasteiger partial charge on any atom is 0.234 e. The highest BCUT2D eigenvalue weighted by molar-refractivity contribution is 8.76. The van der Waals surface area contributed by atoms with Crippen molar-refractivity contribution in [2.24, 2.45) is 74.4 Å². The van der Waals surface area contributed by atoms with Crippen molar-refractivity contribution in [1.29, 1.82) is 0 Å². The third-order valence-electron chi connectivity index (χ3n) is 23.6. The minimum absolute atomic E-state index is 0.0390. The fraction of sp³-hybridized carbons (Fsp3) is 0.800. The van der Waals surface area contributed by atoms with Crippen LogP contribution in [0.1, 0.15) is 123 Å². The number of anilines is 1. The number of amides is 1. The number of rotatable bonds is 12. The molecular formula is C60H88N2O13S2. The topological polar surface area (TPSA) is 253 Å². The van der Waals surface area contributed by atoms with Crippen LogP contribution in [0, 0.1) is 74.4 Å². The number of phenols is 1. The average molecular weight is 1110 g/mol. The number of ketones is 1. The number of carbonyl (C=O) groups is 2. The summed E-state index contributed by atoms with van der Waals surface area (Å²) in [6.45, 7) is 9.42. The Hall–Kier alpha value is -2.10. The minimum atomic E-state index is -2.03. The van der Waals surface area contributed by atoms with E-state index in [1.807, 2.05) is 19.1 Å². The van der Waals surface area contributed by atoms with Gasteiger partial charge in [0.2, 0.25) is 5.91 Å². The Bertz CT molecular complexity index is 2500. The van der Waals surface area contributed by atoms with Crippen LogP contribution < -0.4 is 10.2 Å². The van der Waals surface area contributed by atoms with Gasteiger partial charge in [0.1, 0.15) is 28.5 Å². The molecular weight excluding hydrogens is 1020 g/mol. The maximum atomic E-state index is 16.3. The number of aromatic hydroxyl groups is 1. The summed E-state index contributed by atoms with van der Waals surface area (Å²) >= 11 is 0. The van der Waals surface area contributed by atoms with Gasteiger partial charge in [0.05, 0.1) is 41.3 Å². The predicted octanol–water partition coefficient (Wildman–Crippen LogP) is 5.45. The molecule has 2 saturated heterocycles. The summed E-state index contributed by atoms with van der Waals surface area (Å²) in [7, 11) is 4.15. The van der Waals surface area contributed by atoms with Gasteiger partial charge in [0.15, 0.2) is 5.78 Å². The molecule has 7 fully saturated rings. The highest BCUT2D eigenvalue weighted by atomic mass is 33.1. The van der Waals surface area contributed by atoms with Crippen LogP contribution in [-0.2, 0) is 25.5 Å². The fourth-order valence-corrected chi connectivity index (χ4v) is 22.5. The van der Waals surface area contributed by atoms with Crippen LogP contribution in [0.4, 0.5) is 5.69 Å². The number of methoxy groups -OCH3 is 1. The maximum absolute atomic E-state index is 16.3. The molecule has 1 aromatic carbocycles. The van der Waals surface area contributed by atoms with E-state index in [1.54, 1.807) is 30.2 Å². The molecule has 20 atom stereocenters. The first-order valence-electron chi connectivity index (χ1n) is 29.3. The summed E-state index contributed by atoms with van der Waals surface area (Å²) in [6, 6.07) is 5.29. The number of unbranched alkanes of at least 4 members (excludes halogenated alkanes) is 1. The van der Waals surface area contributed by atoms with Crippen LogP contribution in [0.2, 0.25) is 0 Å². The summed E-state index contributed by atoms with van der Waals surface area (Å²) in [5.74, 6) is -2.54. The summed E-state index contributed by atoms with van der Waals surface area (Å²) in [5, 5.41) is 116. The molecule has 0 radical (unpaired) electrons. The second-order valence-electron chi connectivity index (χ2n) is 26.8.